The number of nitrogens with two attached hydrogens (primary N) is 1. The maximum atomic E-state index is 12.1. The van der Waals surface area contributed by atoms with Crippen molar-refractivity contribution in [3.8, 4) is 0 Å². The van der Waals surface area contributed by atoms with Crippen LogP contribution in [0.25, 0.3) is 0 Å². The Morgan fingerprint density at radius 3 is 2.54 bits per heavy atom. The van der Waals surface area contributed by atoms with E-state index in [-0.39, 0.29) is 24.4 Å². The quantitative estimate of drug-likeness (QED) is 0.661. The van der Waals surface area contributed by atoms with Gasteiger partial charge in [-0.25, -0.2) is 0 Å². The van der Waals surface area contributed by atoms with E-state index in [0.29, 0.717) is 6.54 Å². The summed E-state index contributed by atoms with van der Waals surface area (Å²) in [4.78, 5) is 23.8. The van der Waals surface area contributed by atoms with Gasteiger partial charge in [0.25, 0.3) is 5.91 Å². The first-order valence-corrected chi connectivity index (χ1v) is 8.10. The maximum absolute atomic E-state index is 12.1. The molecule has 24 heavy (non-hydrogen) atoms. The van der Waals surface area contributed by atoms with Gasteiger partial charge in [-0.15, -0.1) is 0 Å². The normalized spacial score (nSPS) is 13.1. The molecule has 0 radical (unpaired) electrons. The number of carbonyl (C=O) groups excluding carboxylic acids is 2. The van der Waals surface area contributed by atoms with Gasteiger partial charge >= 0.3 is 0 Å². The number of nitrogens with one attached hydrogen (secondary N) is 2. The van der Waals surface area contributed by atoms with Crippen LogP contribution in [-0.2, 0) is 9.59 Å². The van der Waals surface area contributed by atoms with E-state index in [0.717, 1.165) is 11.3 Å². The number of hydrogen-bond acceptors (Lipinski definition) is 3. The second-order valence-electron chi connectivity index (χ2n) is 5.53. The van der Waals surface area contributed by atoms with Gasteiger partial charge in [0.15, 0.2) is 18.3 Å². The summed E-state index contributed by atoms with van der Waals surface area (Å²) in [6.45, 7) is 4.25. The van der Waals surface area contributed by atoms with E-state index in [9.17, 15) is 9.59 Å². The number of quaternary nitrogens is 1. The predicted molar refractivity (Wildman–Crippen MR) is 90.1 cm³/mol. The lowest BCUT2D eigenvalue weighted by molar-refractivity contribution is -0.678. The van der Waals surface area contributed by atoms with Gasteiger partial charge in [-0.3, -0.25) is 9.59 Å². The highest BCUT2D eigenvalue weighted by molar-refractivity contribution is 5.87. The molecule has 128 valence electrons. The molecule has 0 saturated carbocycles. The van der Waals surface area contributed by atoms with E-state index in [1.807, 2.05) is 54.7 Å². The fourth-order valence-electron chi connectivity index (χ4n) is 2.46. The SMILES string of the molecule is CCNC(=O)[C@H](C)NC(=O)C[NH2+][C@H](c1ccccc1)c1ccco1. The van der Waals surface area contributed by atoms with Crippen LogP contribution in [0.5, 0.6) is 0 Å². The van der Waals surface area contributed by atoms with E-state index in [4.69, 9.17) is 4.42 Å². The van der Waals surface area contributed by atoms with Crippen molar-refractivity contribution in [3.63, 3.8) is 0 Å². The Morgan fingerprint density at radius 2 is 1.92 bits per heavy atom. The van der Waals surface area contributed by atoms with Crippen molar-refractivity contribution in [2.45, 2.75) is 25.9 Å². The molecule has 2 aromatic rings. The van der Waals surface area contributed by atoms with E-state index >= 15 is 0 Å². The molecule has 0 aliphatic carbocycles. The largest absolute Gasteiger partial charge is 0.463 e. The zero-order valence-electron chi connectivity index (χ0n) is 14.0. The van der Waals surface area contributed by atoms with Gasteiger partial charge in [0.1, 0.15) is 6.04 Å². The molecular weight excluding hydrogens is 306 g/mol. The molecule has 1 heterocycles. The zero-order valence-corrected chi connectivity index (χ0v) is 14.0. The van der Waals surface area contributed by atoms with Crippen LogP contribution in [0.2, 0.25) is 0 Å². The number of amides is 2. The number of carbonyl (C=O) groups is 2. The third-order valence-corrected chi connectivity index (χ3v) is 3.67. The molecule has 6 heteroatoms. The first-order chi connectivity index (χ1) is 11.6. The van der Waals surface area contributed by atoms with E-state index in [2.05, 4.69) is 10.6 Å². The van der Waals surface area contributed by atoms with Crippen LogP contribution >= 0.6 is 0 Å². The molecule has 1 aromatic carbocycles. The smallest absolute Gasteiger partial charge is 0.275 e. The number of benzene rings is 1. The van der Waals surface area contributed by atoms with Crippen molar-refractivity contribution >= 4 is 11.8 Å². The molecule has 0 aliphatic rings. The Morgan fingerprint density at radius 1 is 1.17 bits per heavy atom. The number of hydrogen-bond donors (Lipinski definition) is 3. The Balaban J connectivity index is 1.96. The highest BCUT2D eigenvalue weighted by atomic mass is 16.3. The van der Waals surface area contributed by atoms with Gasteiger partial charge in [-0.2, -0.15) is 0 Å². The van der Waals surface area contributed by atoms with Crippen LogP contribution < -0.4 is 16.0 Å². The second-order valence-corrected chi connectivity index (χ2v) is 5.53. The van der Waals surface area contributed by atoms with Crippen LogP contribution in [0.1, 0.15) is 31.2 Å². The lowest BCUT2D eigenvalue weighted by Crippen LogP contribution is -2.88. The summed E-state index contributed by atoms with van der Waals surface area (Å²) in [6.07, 6.45) is 1.62. The minimum atomic E-state index is -0.551. The molecule has 0 unspecified atom stereocenters. The second kappa shape index (κ2) is 8.88. The molecule has 2 rings (SSSR count). The Kier molecular flexibility index (Phi) is 6.57. The molecule has 1 aromatic heterocycles. The summed E-state index contributed by atoms with van der Waals surface area (Å²) in [5.41, 5.74) is 1.05. The molecule has 0 fully saturated rings. The first kappa shape index (κ1) is 17.7. The average molecular weight is 330 g/mol. The van der Waals surface area contributed by atoms with E-state index in [1.54, 1.807) is 13.2 Å². The number of rotatable bonds is 8. The Bertz CT molecular complexity index is 641. The zero-order chi connectivity index (χ0) is 17.4. The Hall–Kier alpha value is -2.60. The molecule has 6 nitrogen and oxygen atoms in total. The molecular formula is C18H24N3O3+. The van der Waals surface area contributed by atoms with Gasteiger partial charge in [0.05, 0.1) is 6.26 Å². The monoisotopic (exact) mass is 330 g/mol. The lowest BCUT2D eigenvalue weighted by atomic mass is 10.0. The minimum absolute atomic E-state index is 0.105. The summed E-state index contributed by atoms with van der Waals surface area (Å²) < 4.78 is 5.51. The fraction of sp³-hybridized carbons (Fsp3) is 0.333. The number of furan rings is 1. The standard InChI is InChI=1S/C18H23N3O3/c1-3-19-18(23)13(2)21-16(22)12-20-17(15-10-7-11-24-15)14-8-5-4-6-9-14/h4-11,13,17,20H,3,12H2,1-2H3,(H,19,23)(H,21,22)/p+1/t13-,17+/m0/s1. The third-order valence-electron chi connectivity index (χ3n) is 3.67. The first-order valence-electron chi connectivity index (χ1n) is 8.10. The van der Waals surface area contributed by atoms with E-state index in [1.165, 1.54) is 0 Å². The molecule has 4 N–H and O–H groups in total. The predicted octanol–water partition coefficient (Wildman–Crippen LogP) is 0.573. The van der Waals surface area contributed by atoms with Crippen molar-refractivity contribution in [1.82, 2.24) is 10.6 Å². The fourth-order valence-corrected chi connectivity index (χ4v) is 2.46. The van der Waals surface area contributed by atoms with Gasteiger partial charge in [-0.05, 0) is 26.0 Å². The lowest BCUT2D eigenvalue weighted by Gasteiger charge is -2.16. The molecule has 0 aliphatic heterocycles. The van der Waals surface area contributed by atoms with Crippen molar-refractivity contribution in [2.24, 2.45) is 0 Å². The summed E-state index contributed by atoms with van der Waals surface area (Å²) >= 11 is 0. The number of likely N-dealkylation sites (N-methyl/N-ethyl adjacent to an activating group) is 1. The topological polar surface area (TPSA) is 88.0 Å². The van der Waals surface area contributed by atoms with Crippen molar-refractivity contribution in [1.29, 1.82) is 0 Å². The Labute approximate surface area is 141 Å². The molecule has 2 amide bonds. The van der Waals surface area contributed by atoms with Gasteiger partial charge < -0.3 is 20.4 Å². The summed E-state index contributed by atoms with van der Waals surface area (Å²) in [5.74, 6) is 0.406. The van der Waals surface area contributed by atoms with Gasteiger partial charge in [-0.1, -0.05) is 30.3 Å². The van der Waals surface area contributed by atoms with Crippen LogP contribution in [0.4, 0.5) is 0 Å². The molecule has 0 saturated heterocycles. The average Bonchev–Trinajstić information content (AvgIpc) is 3.10. The molecule has 0 bridgehead atoms. The summed E-state index contributed by atoms with van der Waals surface area (Å²) in [5, 5.41) is 7.29. The highest BCUT2D eigenvalue weighted by Gasteiger charge is 2.22. The third kappa shape index (κ3) is 4.96. The van der Waals surface area contributed by atoms with Crippen LogP contribution in [0.3, 0.4) is 0 Å². The minimum Gasteiger partial charge on any atom is -0.463 e. The van der Waals surface area contributed by atoms with Crippen LogP contribution in [0, 0.1) is 0 Å². The van der Waals surface area contributed by atoms with Gasteiger partial charge in [0.2, 0.25) is 5.91 Å². The highest BCUT2D eigenvalue weighted by Crippen LogP contribution is 2.18. The van der Waals surface area contributed by atoms with E-state index < -0.39 is 6.04 Å². The van der Waals surface area contributed by atoms with Crippen LogP contribution in [-0.4, -0.2) is 30.9 Å². The van der Waals surface area contributed by atoms with Crippen LogP contribution in [0.15, 0.2) is 53.1 Å². The van der Waals surface area contributed by atoms with Crippen molar-refractivity contribution in [2.75, 3.05) is 13.1 Å². The molecule has 2 atom stereocenters. The maximum Gasteiger partial charge on any atom is 0.275 e. The molecule has 0 spiro atoms. The van der Waals surface area contributed by atoms with Crippen molar-refractivity contribution in [3.05, 3.63) is 60.1 Å². The summed E-state index contributed by atoms with van der Waals surface area (Å²) in [7, 11) is 0. The van der Waals surface area contributed by atoms with Crippen molar-refractivity contribution < 1.29 is 19.3 Å². The summed E-state index contributed by atoms with van der Waals surface area (Å²) in [6, 6.07) is 12.9. The van der Waals surface area contributed by atoms with Gasteiger partial charge in [0, 0.05) is 12.1 Å².